The number of carboxylic acid groups (broad SMARTS) is 1. The van der Waals surface area contributed by atoms with E-state index >= 15 is 0 Å². The standard InChI is InChI=1S/C14H18O4/c15-14(16)13(12-4-2-1-3-5-12)10-18-9-11-6-7-17-8-11/h1-5,11,13H,6-10H2,(H,15,16). The van der Waals surface area contributed by atoms with Crippen LogP contribution in [0.5, 0.6) is 0 Å². The van der Waals surface area contributed by atoms with Crippen molar-refractivity contribution in [1.82, 2.24) is 0 Å². The Bertz CT molecular complexity index is 371. The molecule has 1 aliphatic heterocycles. The van der Waals surface area contributed by atoms with E-state index in [4.69, 9.17) is 9.47 Å². The van der Waals surface area contributed by atoms with Crippen molar-refractivity contribution in [2.24, 2.45) is 5.92 Å². The van der Waals surface area contributed by atoms with Gasteiger partial charge in [-0.05, 0) is 12.0 Å². The summed E-state index contributed by atoms with van der Waals surface area (Å²) in [4.78, 5) is 11.2. The molecular formula is C14H18O4. The Morgan fingerprint density at radius 1 is 1.44 bits per heavy atom. The predicted molar refractivity (Wildman–Crippen MR) is 66.6 cm³/mol. The van der Waals surface area contributed by atoms with Gasteiger partial charge in [-0.25, -0.2) is 0 Å². The van der Waals surface area contributed by atoms with Crippen LogP contribution in [0.15, 0.2) is 30.3 Å². The van der Waals surface area contributed by atoms with Gasteiger partial charge in [-0.3, -0.25) is 4.79 Å². The van der Waals surface area contributed by atoms with Gasteiger partial charge in [-0.15, -0.1) is 0 Å². The fourth-order valence-corrected chi connectivity index (χ4v) is 2.06. The largest absolute Gasteiger partial charge is 0.481 e. The number of carboxylic acids is 1. The maximum atomic E-state index is 11.2. The molecule has 2 unspecified atom stereocenters. The zero-order chi connectivity index (χ0) is 12.8. The van der Waals surface area contributed by atoms with Crippen molar-refractivity contribution in [2.45, 2.75) is 12.3 Å². The fraction of sp³-hybridized carbons (Fsp3) is 0.500. The van der Waals surface area contributed by atoms with Crippen molar-refractivity contribution in [2.75, 3.05) is 26.4 Å². The van der Waals surface area contributed by atoms with Crippen LogP contribution in [0.2, 0.25) is 0 Å². The Kier molecular flexibility index (Phi) is 4.73. The smallest absolute Gasteiger partial charge is 0.313 e. The van der Waals surface area contributed by atoms with Gasteiger partial charge in [0.05, 0.1) is 19.8 Å². The molecule has 1 heterocycles. The molecule has 1 aromatic rings. The summed E-state index contributed by atoms with van der Waals surface area (Å²) in [6.45, 7) is 2.31. The number of hydrogen-bond donors (Lipinski definition) is 1. The summed E-state index contributed by atoms with van der Waals surface area (Å²) in [6, 6.07) is 9.20. The molecule has 4 heteroatoms. The lowest BCUT2D eigenvalue weighted by Gasteiger charge is -2.14. The summed E-state index contributed by atoms with van der Waals surface area (Å²) in [5.74, 6) is -1.02. The third-order valence-corrected chi connectivity index (χ3v) is 3.16. The highest BCUT2D eigenvalue weighted by atomic mass is 16.5. The number of hydrogen-bond acceptors (Lipinski definition) is 3. The van der Waals surface area contributed by atoms with Crippen molar-refractivity contribution in [3.63, 3.8) is 0 Å². The first-order chi connectivity index (χ1) is 8.77. The second-order valence-electron chi connectivity index (χ2n) is 4.57. The highest BCUT2D eigenvalue weighted by molar-refractivity contribution is 5.76. The van der Waals surface area contributed by atoms with Crippen LogP contribution in [0.3, 0.4) is 0 Å². The zero-order valence-electron chi connectivity index (χ0n) is 10.2. The van der Waals surface area contributed by atoms with Crippen molar-refractivity contribution in [1.29, 1.82) is 0 Å². The molecule has 0 radical (unpaired) electrons. The molecule has 1 fully saturated rings. The average Bonchev–Trinajstić information content (AvgIpc) is 2.88. The summed E-state index contributed by atoms with van der Waals surface area (Å²) in [5, 5.41) is 9.21. The van der Waals surface area contributed by atoms with Crippen LogP contribution in [0.4, 0.5) is 0 Å². The summed E-state index contributed by atoms with van der Waals surface area (Å²) in [7, 11) is 0. The van der Waals surface area contributed by atoms with Gasteiger partial charge in [0.1, 0.15) is 5.92 Å². The van der Waals surface area contributed by atoms with Crippen molar-refractivity contribution in [3.05, 3.63) is 35.9 Å². The predicted octanol–water partition coefficient (Wildman–Crippen LogP) is 1.91. The van der Waals surface area contributed by atoms with Crippen molar-refractivity contribution < 1.29 is 19.4 Å². The minimum Gasteiger partial charge on any atom is -0.481 e. The number of benzene rings is 1. The molecule has 1 aromatic carbocycles. The maximum absolute atomic E-state index is 11.2. The quantitative estimate of drug-likeness (QED) is 0.838. The van der Waals surface area contributed by atoms with Gasteiger partial charge in [-0.2, -0.15) is 0 Å². The number of rotatable bonds is 6. The zero-order valence-corrected chi connectivity index (χ0v) is 10.2. The Morgan fingerprint density at radius 3 is 2.83 bits per heavy atom. The first-order valence-corrected chi connectivity index (χ1v) is 6.20. The highest BCUT2D eigenvalue weighted by Gasteiger charge is 2.21. The third-order valence-electron chi connectivity index (χ3n) is 3.16. The average molecular weight is 250 g/mol. The lowest BCUT2D eigenvalue weighted by molar-refractivity contribution is -0.140. The van der Waals surface area contributed by atoms with Crippen LogP contribution in [-0.4, -0.2) is 37.5 Å². The normalized spacial score (nSPS) is 20.8. The van der Waals surface area contributed by atoms with Gasteiger partial charge < -0.3 is 14.6 Å². The number of ether oxygens (including phenoxy) is 2. The van der Waals surface area contributed by atoms with Gasteiger partial charge in [0.2, 0.25) is 0 Å². The van der Waals surface area contributed by atoms with E-state index in [9.17, 15) is 9.90 Å². The van der Waals surface area contributed by atoms with Crippen LogP contribution in [-0.2, 0) is 14.3 Å². The third kappa shape index (κ3) is 3.55. The molecule has 0 spiro atoms. The van der Waals surface area contributed by atoms with Crippen molar-refractivity contribution >= 4 is 5.97 Å². The first-order valence-electron chi connectivity index (χ1n) is 6.20. The Morgan fingerprint density at radius 2 is 2.22 bits per heavy atom. The molecule has 98 valence electrons. The fourth-order valence-electron chi connectivity index (χ4n) is 2.06. The SMILES string of the molecule is O=C(O)C(COCC1CCOC1)c1ccccc1. The molecule has 1 N–H and O–H groups in total. The number of aliphatic carboxylic acids is 1. The van der Waals surface area contributed by atoms with Crippen LogP contribution in [0, 0.1) is 5.92 Å². The molecule has 1 saturated heterocycles. The lowest BCUT2D eigenvalue weighted by atomic mass is 10.0. The van der Waals surface area contributed by atoms with E-state index in [-0.39, 0.29) is 6.61 Å². The van der Waals surface area contributed by atoms with Gasteiger partial charge in [0.25, 0.3) is 0 Å². The molecule has 4 nitrogen and oxygen atoms in total. The first kappa shape index (κ1) is 13.1. The van der Waals surface area contributed by atoms with Gasteiger partial charge in [0.15, 0.2) is 0 Å². The Labute approximate surface area is 107 Å². The van der Waals surface area contributed by atoms with Crippen LogP contribution in [0.1, 0.15) is 17.9 Å². The Hall–Kier alpha value is -1.39. The van der Waals surface area contributed by atoms with Gasteiger partial charge in [-0.1, -0.05) is 30.3 Å². The monoisotopic (exact) mass is 250 g/mol. The van der Waals surface area contributed by atoms with E-state index < -0.39 is 11.9 Å². The minimum absolute atomic E-state index is 0.218. The van der Waals surface area contributed by atoms with Crippen LogP contribution < -0.4 is 0 Å². The molecule has 0 saturated carbocycles. The van der Waals surface area contributed by atoms with E-state index in [1.807, 2.05) is 30.3 Å². The Balaban J connectivity index is 1.85. The van der Waals surface area contributed by atoms with E-state index in [0.717, 1.165) is 25.2 Å². The molecule has 1 aliphatic rings. The maximum Gasteiger partial charge on any atom is 0.313 e. The van der Waals surface area contributed by atoms with Crippen LogP contribution >= 0.6 is 0 Å². The van der Waals surface area contributed by atoms with E-state index in [1.165, 1.54) is 0 Å². The molecule has 2 rings (SSSR count). The summed E-state index contributed by atoms with van der Waals surface area (Å²) >= 11 is 0. The second-order valence-corrected chi connectivity index (χ2v) is 4.57. The molecule has 18 heavy (non-hydrogen) atoms. The van der Waals surface area contributed by atoms with Crippen molar-refractivity contribution in [3.8, 4) is 0 Å². The van der Waals surface area contributed by atoms with Gasteiger partial charge >= 0.3 is 5.97 Å². The van der Waals surface area contributed by atoms with E-state index in [0.29, 0.717) is 12.5 Å². The minimum atomic E-state index is -0.844. The van der Waals surface area contributed by atoms with E-state index in [1.54, 1.807) is 0 Å². The highest BCUT2D eigenvalue weighted by Crippen LogP contribution is 2.18. The molecule has 2 atom stereocenters. The molecule has 0 amide bonds. The topological polar surface area (TPSA) is 55.8 Å². The van der Waals surface area contributed by atoms with E-state index in [2.05, 4.69) is 0 Å². The lowest BCUT2D eigenvalue weighted by Crippen LogP contribution is -2.20. The summed E-state index contributed by atoms with van der Waals surface area (Å²) < 4.78 is 10.8. The number of carbonyl (C=O) groups is 1. The summed E-state index contributed by atoms with van der Waals surface area (Å²) in [5.41, 5.74) is 0.785. The van der Waals surface area contributed by atoms with Gasteiger partial charge in [0, 0.05) is 12.5 Å². The molecule has 0 bridgehead atoms. The summed E-state index contributed by atoms with van der Waals surface area (Å²) in [6.07, 6.45) is 1.00. The molecule has 0 aromatic heterocycles. The molecular weight excluding hydrogens is 232 g/mol. The molecule has 0 aliphatic carbocycles. The second kappa shape index (κ2) is 6.52. The van der Waals surface area contributed by atoms with Crippen LogP contribution in [0.25, 0.3) is 0 Å².